The van der Waals surface area contributed by atoms with Crippen molar-refractivity contribution in [2.45, 2.75) is 27.2 Å². The van der Waals surface area contributed by atoms with E-state index >= 15 is 0 Å². The third-order valence-corrected chi connectivity index (χ3v) is 3.70. The van der Waals surface area contributed by atoms with Crippen molar-refractivity contribution in [2.24, 2.45) is 5.41 Å². The minimum atomic E-state index is -0.467. The minimum Gasteiger partial charge on any atom is -0.450 e. The molecule has 0 saturated heterocycles. The molecule has 0 aliphatic carbocycles. The molecule has 106 valence electrons. The molecule has 1 unspecified atom stereocenters. The molecule has 0 saturated carbocycles. The average molecular weight is 295 g/mol. The fourth-order valence-electron chi connectivity index (χ4n) is 1.14. The minimum absolute atomic E-state index is 0.107. The van der Waals surface area contributed by atoms with E-state index in [9.17, 15) is 9.59 Å². The Labute approximate surface area is 115 Å². The predicted molar refractivity (Wildman–Crippen MR) is 76.5 cm³/mol. The van der Waals surface area contributed by atoms with Crippen molar-refractivity contribution in [1.82, 2.24) is 5.32 Å². The van der Waals surface area contributed by atoms with Crippen LogP contribution in [0.3, 0.4) is 0 Å². The molecule has 0 rings (SSSR count). The maximum Gasteiger partial charge on any atom is 0.407 e. The van der Waals surface area contributed by atoms with Crippen LogP contribution in [0.2, 0.25) is 0 Å². The van der Waals surface area contributed by atoms with Crippen molar-refractivity contribution < 1.29 is 18.8 Å². The highest BCUT2D eigenvalue weighted by atomic mass is 32.2. The molecule has 1 atom stereocenters. The van der Waals surface area contributed by atoms with Gasteiger partial charge in [-0.1, -0.05) is 25.6 Å². The van der Waals surface area contributed by atoms with Crippen LogP contribution in [0, 0.1) is 5.41 Å². The van der Waals surface area contributed by atoms with Gasteiger partial charge in [0.1, 0.15) is 0 Å². The third kappa shape index (κ3) is 7.90. The first-order valence-corrected chi connectivity index (χ1v) is 7.29. The van der Waals surface area contributed by atoms with Crippen molar-refractivity contribution >= 4 is 32.4 Å². The molecule has 0 aliphatic rings. The van der Waals surface area contributed by atoms with E-state index in [-0.39, 0.29) is 5.12 Å². The van der Waals surface area contributed by atoms with Gasteiger partial charge in [-0.2, -0.15) is 0 Å². The summed E-state index contributed by atoms with van der Waals surface area (Å²) in [6.45, 7) is 6.79. The van der Waals surface area contributed by atoms with E-state index in [1.165, 1.54) is 11.8 Å². The molecule has 1 amide bonds. The molecule has 7 heteroatoms. The number of carbonyl (C=O) groups excluding carboxylic acids is 2. The Balaban J connectivity index is 3.90. The molecule has 0 radical (unpaired) electrons. The maximum atomic E-state index is 11.9. The summed E-state index contributed by atoms with van der Waals surface area (Å²) in [7, 11) is 2.16. The second-order valence-electron chi connectivity index (χ2n) is 4.29. The summed E-state index contributed by atoms with van der Waals surface area (Å²) in [6, 6.07) is 0. The zero-order chi connectivity index (χ0) is 14.0. The van der Waals surface area contributed by atoms with Gasteiger partial charge in [-0.3, -0.25) is 4.79 Å². The molecule has 0 bridgehead atoms. The van der Waals surface area contributed by atoms with Gasteiger partial charge >= 0.3 is 6.09 Å². The van der Waals surface area contributed by atoms with Gasteiger partial charge in [0.2, 0.25) is 0 Å². The van der Waals surface area contributed by atoms with E-state index in [0.717, 1.165) is 0 Å². The number of hydrogen-bond acceptors (Lipinski definition) is 5. The summed E-state index contributed by atoms with van der Waals surface area (Å²) in [5.74, 6) is 0.636. The molecule has 0 aromatic heterocycles. The van der Waals surface area contributed by atoms with Crippen LogP contribution < -0.4 is 5.32 Å². The van der Waals surface area contributed by atoms with Gasteiger partial charge in [-0.15, -0.1) is 0 Å². The SMILES string of the molecule is CCOC(=O)NCCC(C)(C)C(=O)SCCOP. The Hall–Kier alpha value is -0.320. The lowest BCUT2D eigenvalue weighted by atomic mass is 9.91. The van der Waals surface area contributed by atoms with Crippen LogP contribution in [0.1, 0.15) is 27.2 Å². The van der Waals surface area contributed by atoms with Crippen LogP contribution in [0.15, 0.2) is 0 Å². The Morgan fingerprint density at radius 1 is 1.39 bits per heavy atom. The van der Waals surface area contributed by atoms with Crippen LogP contribution in [0.25, 0.3) is 0 Å². The lowest BCUT2D eigenvalue weighted by Crippen LogP contribution is -2.31. The van der Waals surface area contributed by atoms with E-state index < -0.39 is 11.5 Å². The fourth-order valence-corrected chi connectivity index (χ4v) is 2.29. The normalized spacial score (nSPS) is 11.1. The number of nitrogens with one attached hydrogen (secondary N) is 1. The van der Waals surface area contributed by atoms with Crippen molar-refractivity contribution in [1.29, 1.82) is 0 Å². The summed E-state index contributed by atoms with van der Waals surface area (Å²) in [5.41, 5.74) is -0.467. The fraction of sp³-hybridized carbons (Fsp3) is 0.818. The van der Waals surface area contributed by atoms with Crippen LogP contribution in [-0.2, 0) is 14.1 Å². The van der Waals surface area contributed by atoms with E-state index in [4.69, 9.17) is 9.26 Å². The zero-order valence-electron chi connectivity index (χ0n) is 11.2. The highest BCUT2D eigenvalue weighted by molar-refractivity contribution is 8.13. The summed E-state index contributed by atoms with van der Waals surface area (Å²) >= 11 is 1.26. The highest BCUT2D eigenvalue weighted by Crippen LogP contribution is 2.27. The van der Waals surface area contributed by atoms with Gasteiger partial charge in [0, 0.05) is 27.2 Å². The lowest BCUT2D eigenvalue weighted by Gasteiger charge is -2.22. The number of ether oxygens (including phenoxy) is 1. The summed E-state index contributed by atoms with van der Waals surface area (Å²) in [6.07, 6.45) is 0.143. The smallest absolute Gasteiger partial charge is 0.407 e. The molecule has 0 fully saturated rings. The van der Waals surface area contributed by atoms with Gasteiger partial charge < -0.3 is 14.6 Å². The standard InChI is InChI=1S/C11H22NO4PS/c1-4-15-10(14)12-6-5-11(2,3)9(13)18-8-7-16-17/h4-8,17H2,1-3H3,(H,12,14). The first-order chi connectivity index (χ1) is 8.44. The Bertz CT molecular complexity index is 274. The quantitative estimate of drug-likeness (QED) is 0.549. The van der Waals surface area contributed by atoms with Gasteiger partial charge in [0.15, 0.2) is 5.12 Å². The number of carbonyl (C=O) groups is 2. The van der Waals surface area contributed by atoms with Crippen LogP contribution in [-0.4, -0.2) is 36.7 Å². The average Bonchev–Trinajstić information content (AvgIpc) is 2.29. The Morgan fingerprint density at radius 2 is 2.06 bits per heavy atom. The summed E-state index contributed by atoms with van der Waals surface area (Å²) in [4.78, 5) is 23.0. The van der Waals surface area contributed by atoms with E-state index in [0.29, 0.717) is 31.9 Å². The highest BCUT2D eigenvalue weighted by Gasteiger charge is 2.27. The first-order valence-electron chi connectivity index (χ1n) is 5.83. The third-order valence-electron chi connectivity index (χ3n) is 2.28. The molecule has 5 nitrogen and oxygen atoms in total. The van der Waals surface area contributed by atoms with Crippen molar-refractivity contribution in [3.05, 3.63) is 0 Å². The maximum absolute atomic E-state index is 11.9. The molecule has 0 aliphatic heterocycles. The second kappa shape index (κ2) is 9.59. The molecule has 0 heterocycles. The monoisotopic (exact) mass is 295 g/mol. The Morgan fingerprint density at radius 3 is 2.61 bits per heavy atom. The number of thioether (sulfide) groups is 1. The van der Waals surface area contributed by atoms with Gasteiger partial charge in [0.05, 0.1) is 13.2 Å². The van der Waals surface area contributed by atoms with E-state index in [1.807, 2.05) is 13.8 Å². The number of hydrogen-bond donors (Lipinski definition) is 1. The van der Waals surface area contributed by atoms with Gasteiger partial charge in [0.25, 0.3) is 0 Å². The van der Waals surface area contributed by atoms with Crippen molar-refractivity contribution in [3.63, 3.8) is 0 Å². The lowest BCUT2D eigenvalue weighted by molar-refractivity contribution is -0.118. The van der Waals surface area contributed by atoms with Crippen LogP contribution in [0.4, 0.5) is 4.79 Å². The largest absolute Gasteiger partial charge is 0.450 e. The Kier molecular flexibility index (Phi) is 9.42. The molecular formula is C11H22NO4PS. The first kappa shape index (κ1) is 17.7. The van der Waals surface area contributed by atoms with E-state index in [2.05, 4.69) is 14.8 Å². The summed E-state index contributed by atoms with van der Waals surface area (Å²) in [5, 5.41) is 2.72. The van der Waals surface area contributed by atoms with Crippen LogP contribution >= 0.6 is 21.2 Å². The van der Waals surface area contributed by atoms with E-state index in [1.54, 1.807) is 6.92 Å². The predicted octanol–water partition coefficient (Wildman–Crippen LogP) is 2.22. The van der Waals surface area contributed by atoms with Crippen molar-refractivity contribution in [3.8, 4) is 0 Å². The van der Waals surface area contributed by atoms with Gasteiger partial charge in [-0.05, 0) is 13.3 Å². The molecular weight excluding hydrogens is 273 g/mol. The number of amides is 1. The molecule has 0 aromatic rings. The second-order valence-corrected chi connectivity index (χ2v) is 5.69. The molecule has 18 heavy (non-hydrogen) atoms. The number of rotatable bonds is 8. The van der Waals surface area contributed by atoms with Crippen molar-refractivity contribution in [2.75, 3.05) is 25.5 Å². The van der Waals surface area contributed by atoms with Gasteiger partial charge in [-0.25, -0.2) is 4.79 Å². The molecule has 0 aromatic carbocycles. The molecule has 0 spiro atoms. The topological polar surface area (TPSA) is 64.6 Å². The van der Waals surface area contributed by atoms with Crippen LogP contribution in [0.5, 0.6) is 0 Å². The zero-order valence-corrected chi connectivity index (χ0v) is 13.1. The summed E-state index contributed by atoms with van der Waals surface area (Å²) < 4.78 is 9.55. The number of alkyl carbamates (subject to hydrolysis) is 1. The molecule has 1 N–H and O–H groups in total.